The molecule has 0 atom stereocenters. The summed E-state index contributed by atoms with van der Waals surface area (Å²) < 4.78 is 0. The molecule has 4 nitrogen and oxygen atoms in total. The van der Waals surface area contributed by atoms with E-state index in [1.54, 1.807) is 18.8 Å². The highest BCUT2D eigenvalue weighted by Crippen LogP contribution is 2.20. The normalized spacial score (nSPS) is 10.2. The van der Waals surface area contributed by atoms with Crippen molar-refractivity contribution in [3.05, 3.63) is 29.3 Å². The van der Waals surface area contributed by atoms with Crippen LogP contribution in [-0.4, -0.2) is 41.7 Å². The Hall–Kier alpha value is -1.49. The van der Waals surface area contributed by atoms with Crippen LogP contribution in [0.2, 0.25) is 0 Å². The summed E-state index contributed by atoms with van der Waals surface area (Å²) in [6, 6.07) is 5.72. The van der Waals surface area contributed by atoms with Crippen LogP contribution in [0.15, 0.2) is 23.1 Å². The zero-order valence-corrected chi connectivity index (χ0v) is 11.6. The number of benzene rings is 1. The topological polar surface area (TPSA) is 57.6 Å². The third kappa shape index (κ3) is 3.77. The Bertz CT molecular complexity index is 460. The Balaban J connectivity index is 2.85. The molecular formula is C13H17NO3S. The SMILES string of the molecule is CSc1ccc(C)c(C(=O)N(C)CCC(=O)O)c1. The van der Waals surface area contributed by atoms with E-state index in [0.29, 0.717) is 5.56 Å². The molecule has 0 aliphatic rings. The number of nitrogens with zero attached hydrogens (tertiary/aromatic N) is 1. The standard InChI is InChI=1S/C13H17NO3S/c1-9-4-5-10(18-3)8-11(9)13(17)14(2)7-6-12(15)16/h4-5,8H,6-7H2,1-3H3,(H,15,16). The van der Waals surface area contributed by atoms with Crippen LogP contribution in [0.25, 0.3) is 0 Å². The Kier molecular flexibility index (Phi) is 5.22. The summed E-state index contributed by atoms with van der Waals surface area (Å²) in [6.07, 6.45) is 1.91. The van der Waals surface area contributed by atoms with Gasteiger partial charge in [0.1, 0.15) is 0 Å². The third-order valence-corrected chi connectivity index (χ3v) is 3.41. The lowest BCUT2D eigenvalue weighted by Crippen LogP contribution is -2.29. The zero-order chi connectivity index (χ0) is 13.7. The molecule has 0 radical (unpaired) electrons. The van der Waals surface area contributed by atoms with Gasteiger partial charge in [-0.05, 0) is 30.9 Å². The molecule has 0 spiro atoms. The minimum atomic E-state index is -0.899. The van der Waals surface area contributed by atoms with Gasteiger partial charge >= 0.3 is 5.97 Å². The quantitative estimate of drug-likeness (QED) is 0.831. The first-order valence-electron chi connectivity index (χ1n) is 5.57. The monoisotopic (exact) mass is 267 g/mol. The van der Waals surface area contributed by atoms with Crippen molar-refractivity contribution in [3.63, 3.8) is 0 Å². The zero-order valence-electron chi connectivity index (χ0n) is 10.8. The molecule has 98 valence electrons. The Morgan fingerprint density at radius 3 is 2.61 bits per heavy atom. The Morgan fingerprint density at radius 2 is 2.06 bits per heavy atom. The molecule has 0 aliphatic heterocycles. The van der Waals surface area contributed by atoms with Crippen molar-refractivity contribution in [3.8, 4) is 0 Å². The second kappa shape index (κ2) is 6.44. The Labute approximate surface area is 111 Å². The first-order chi connectivity index (χ1) is 8.45. The summed E-state index contributed by atoms with van der Waals surface area (Å²) in [5, 5.41) is 8.61. The van der Waals surface area contributed by atoms with Gasteiger partial charge in [-0.1, -0.05) is 6.07 Å². The van der Waals surface area contributed by atoms with Crippen LogP contribution in [0.5, 0.6) is 0 Å². The van der Waals surface area contributed by atoms with E-state index < -0.39 is 5.97 Å². The lowest BCUT2D eigenvalue weighted by Gasteiger charge is -2.17. The van der Waals surface area contributed by atoms with Crippen molar-refractivity contribution < 1.29 is 14.7 Å². The fourth-order valence-electron chi connectivity index (χ4n) is 1.53. The van der Waals surface area contributed by atoms with E-state index >= 15 is 0 Å². The van der Waals surface area contributed by atoms with E-state index in [2.05, 4.69) is 0 Å². The molecule has 18 heavy (non-hydrogen) atoms. The van der Waals surface area contributed by atoms with Gasteiger partial charge < -0.3 is 10.0 Å². The van der Waals surface area contributed by atoms with Gasteiger partial charge in [0.25, 0.3) is 5.91 Å². The van der Waals surface area contributed by atoms with Gasteiger partial charge in [0, 0.05) is 24.1 Å². The van der Waals surface area contributed by atoms with Crippen LogP contribution >= 0.6 is 11.8 Å². The fraction of sp³-hybridized carbons (Fsp3) is 0.385. The number of carboxylic acid groups (broad SMARTS) is 1. The number of hydrogen-bond donors (Lipinski definition) is 1. The van der Waals surface area contributed by atoms with Crippen molar-refractivity contribution in [2.45, 2.75) is 18.2 Å². The predicted molar refractivity (Wildman–Crippen MR) is 72.2 cm³/mol. The molecule has 1 amide bonds. The number of aryl methyl sites for hydroxylation is 1. The van der Waals surface area contributed by atoms with Crippen LogP contribution in [0.1, 0.15) is 22.3 Å². The molecule has 0 aromatic heterocycles. The summed E-state index contributed by atoms with van der Waals surface area (Å²) in [5.74, 6) is -1.03. The number of amides is 1. The van der Waals surface area contributed by atoms with Crippen molar-refractivity contribution in [1.29, 1.82) is 0 Å². The summed E-state index contributed by atoms with van der Waals surface area (Å²) in [7, 11) is 1.62. The fourth-order valence-corrected chi connectivity index (χ4v) is 1.97. The highest BCUT2D eigenvalue weighted by molar-refractivity contribution is 7.98. The second-order valence-electron chi connectivity index (χ2n) is 4.05. The molecule has 0 unspecified atom stereocenters. The largest absolute Gasteiger partial charge is 0.481 e. The first-order valence-corrected chi connectivity index (χ1v) is 6.80. The van der Waals surface area contributed by atoms with Crippen LogP contribution < -0.4 is 0 Å². The van der Waals surface area contributed by atoms with E-state index in [9.17, 15) is 9.59 Å². The van der Waals surface area contributed by atoms with Crippen LogP contribution in [-0.2, 0) is 4.79 Å². The molecule has 0 aliphatic carbocycles. The van der Waals surface area contributed by atoms with Gasteiger partial charge in [-0.2, -0.15) is 0 Å². The minimum Gasteiger partial charge on any atom is -0.481 e. The molecular weight excluding hydrogens is 250 g/mol. The van der Waals surface area contributed by atoms with Crippen LogP contribution in [0.3, 0.4) is 0 Å². The summed E-state index contributed by atoms with van der Waals surface area (Å²) in [5.41, 5.74) is 1.54. The number of thioether (sulfide) groups is 1. The van der Waals surface area contributed by atoms with Crippen LogP contribution in [0.4, 0.5) is 0 Å². The van der Waals surface area contributed by atoms with Gasteiger partial charge in [0.2, 0.25) is 0 Å². The summed E-state index contributed by atoms with van der Waals surface area (Å²) in [4.78, 5) is 25.1. The number of aliphatic carboxylic acids is 1. The number of carbonyl (C=O) groups is 2. The highest BCUT2D eigenvalue weighted by atomic mass is 32.2. The molecule has 1 N–H and O–H groups in total. The van der Waals surface area contributed by atoms with E-state index in [4.69, 9.17) is 5.11 Å². The Morgan fingerprint density at radius 1 is 1.39 bits per heavy atom. The molecule has 1 rings (SSSR count). The highest BCUT2D eigenvalue weighted by Gasteiger charge is 2.15. The van der Waals surface area contributed by atoms with Gasteiger partial charge in [0.05, 0.1) is 6.42 Å². The van der Waals surface area contributed by atoms with E-state index in [1.165, 1.54) is 4.90 Å². The van der Waals surface area contributed by atoms with Crippen molar-refractivity contribution in [2.24, 2.45) is 0 Å². The molecule has 1 aromatic carbocycles. The second-order valence-corrected chi connectivity index (χ2v) is 4.93. The minimum absolute atomic E-state index is 0.0382. The van der Waals surface area contributed by atoms with E-state index in [0.717, 1.165) is 10.5 Å². The number of rotatable bonds is 5. The van der Waals surface area contributed by atoms with Crippen molar-refractivity contribution in [2.75, 3.05) is 19.8 Å². The molecule has 0 heterocycles. The van der Waals surface area contributed by atoms with Gasteiger partial charge in [-0.25, -0.2) is 0 Å². The molecule has 0 saturated heterocycles. The molecule has 0 fully saturated rings. The summed E-state index contributed by atoms with van der Waals surface area (Å²) in [6.45, 7) is 2.10. The predicted octanol–water partition coefficient (Wildman–Crippen LogP) is 2.26. The third-order valence-electron chi connectivity index (χ3n) is 2.68. The van der Waals surface area contributed by atoms with E-state index in [-0.39, 0.29) is 18.9 Å². The van der Waals surface area contributed by atoms with Crippen molar-refractivity contribution >= 4 is 23.6 Å². The average Bonchev–Trinajstić information content (AvgIpc) is 2.35. The first kappa shape index (κ1) is 14.6. The maximum atomic E-state index is 12.2. The van der Waals surface area contributed by atoms with E-state index in [1.807, 2.05) is 31.4 Å². The maximum Gasteiger partial charge on any atom is 0.305 e. The number of carbonyl (C=O) groups excluding carboxylic acids is 1. The number of hydrogen-bond acceptors (Lipinski definition) is 3. The molecule has 0 bridgehead atoms. The molecule has 1 aromatic rings. The maximum absolute atomic E-state index is 12.2. The lowest BCUT2D eigenvalue weighted by molar-refractivity contribution is -0.137. The van der Waals surface area contributed by atoms with Crippen LogP contribution in [0, 0.1) is 6.92 Å². The summed E-state index contributed by atoms with van der Waals surface area (Å²) >= 11 is 1.57. The smallest absolute Gasteiger partial charge is 0.305 e. The van der Waals surface area contributed by atoms with Crippen molar-refractivity contribution in [1.82, 2.24) is 4.90 Å². The average molecular weight is 267 g/mol. The van der Waals surface area contributed by atoms with Gasteiger partial charge in [-0.3, -0.25) is 9.59 Å². The van der Waals surface area contributed by atoms with Gasteiger partial charge in [0.15, 0.2) is 0 Å². The van der Waals surface area contributed by atoms with Gasteiger partial charge in [-0.15, -0.1) is 11.8 Å². The molecule has 5 heteroatoms. The lowest BCUT2D eigenvalue weighted by atomic mass is 10.1. The number of carboxylic acids is 1. The molecule has 0 saturated carbocycles.